The van der Waals surface area contributed by atoms with Crippen molar-refractivity contribution in [3.8, 4) is 0 Å². The molecule has 122 valence electrons. The van der Waals surface area contributed by atoms with E-state index in [9.17, 15) is 4.79 Å². The standard InChI is InChI=1S/C15H25N5O2/c1-15(2,3)22-14(21)17-7-6-16-12-10-13(19-11-18-12)20-8-4-5-9-20/h10-11H,4-9H2,1-3H3,(H,17,21)(H,16,18,19). The Labute approximate surface area is 131 Å². The largest absolute Gasteiger partial charge is 0.444 e. The molecule has 1 amide bonds. The summed E-state index contributed by atoms with van der Waals surface area (Å²) in [6.45, 7) is 8.67. The van der Waals surface area contributed by atoms with Crippen LogP contribution in [-0.2, 0) is 4.74 Å². The maximum Gasteiger partial charge on any atom is 0.407 e. The average molecular weight is 307 g/mol. The molecule has 2 heterocycles. The van der Waals surface area contributed by atoms with Crippen LogP contribution in [0.1, 0.15) is 33.6 Å². The Morgan fingerprint density at radius 3 is 2.68 bits per heavy atom. The van der Waals surface area contributed by atoms with Crippen molar-refractivity contribution in [3.05, 3.63) is 12.4 Å². The van der Waals surface area contributed by atoms with Gasteiger partial charge in [-0.15, -0.1) is 0 Å². The van der Waals surface area contributed by atoms with Crippen molar-refractivity contribution in [3.63, 3.8) is 0 Å². The van der Waals surface area contributed by atoms with Crippen LogP contribution in [0.3, 0.4) is 0 Å². The van der Waals surface area contributed by atoms with Gasteiger partial charge in [-0.25, -0.2) is 14.8 Å². The molecule has 0 aliphatic carbocycles. The summed E-state index contributed by atoms with van der Waals surface area (Å²) in [4.78, 5) is 22.3. The summed E-state index contributed by atoms with van der Waals surface area (Å²) in [6.07, 6.45) is 3.59. The second kappa shape index (κ2) is 7.29. The van der Waals surface area contributed by atoms with Crippen LogP contribution in [-0.4, -0.2) is 47.8 Å². The maximum atomic E-state index is 11.5. The van der Waals surface area contributed by atoms with Crippen LogP contribution in [0.2, 0.25) is 0 Å². The van der Waals surface area contributed by atoms with Crippen molar-refractivity contribution in [2.24, 2.45) is 0 Å². The minimum absolute atomic E-state index is 0.408. The molecule has 1 aliphatic heterocycles. The van der Waals surface area contributed by atoms with Crippen LogP contribution in [0.15, 0.2) is 12.4 Å². The Kier molecular flexibility index (Phi) is 5.41. The first-order valence-corrected chi connectivity index (χ1v) is 7.72. The number of alkyl carbamates (subject to hydrolysis) is 1. The molecule has 2 N–H and O–H groups in total. The van der Waals surface area contributed by atoms with Crippen LogP contribution in [0.5, 0.6) is 0 Å². The molecular formula is C15H25N5O2. The lowest BCUT2D eigenvalue weighted by Crippen LogP contribution is -2.35. The fraction of sp³-hybridized carbons (Fsp3) is 0.667. The van der Waals surface area contributed by atoms with Crippen molar-refractivity contribution in [1.82, 2.24) is 15.3 Å². The van der Waals surface area contributed by atoms with Crippen LogP contribution >= 0.6 is 0 Å². The van der Waals surface area contributed by atoms with Gasteiger partial charge in [0.05, 0.1) is 0 Å². The van der Waals surface area contributed by atoms with E-state index in [2.05, 4.69) is 25.5 Å². The van der Waals surface area contributed by atoms with Gasteiger partial charge in [-0.3, -0.25) is 0 Å². The number of nitrogens with zero attached hydrogens (tertiary/aromatic N) is 3. The molecule has 0 radical (unpaired) electrons. The second-order valence-electron chi connectivity index (χ2n) is 6.31. The van der Waals surface area contributed by atoms with E-state index in [1.165, 1.54) is 12.8 Å². The second-order valence-corrected chi connectivity index (χ2v) is 6.31. The summed E-state index contributed by atoms with van der Waals surface area (Å²) in [7, 11) is 0. The smallest absolute Gasteiger partial charge is 0.407 e. The summed E-state index contributed by atoms with van der Waals surface area (Å²) in [5.41, 5.74) is -0.477. The van der Waals surface area contributed by atoms with E-state index in [1.807, 2.05) is 26.8 Å². The lowest BCUT2D eigenvalue weighted by Gasteiger charge is -2.19. The van der Waals surface area contributed by atoms with Gasteiger partial charge in [0.15, 0.2) is 0 Å². The molecule has 7 heteroatoms. The molecule has 1 aromatic heterocycles. The number of ether oxygens (including phenoxy) is 1. The van der Waals surface area contributed by atoms with E-state index >= 15 is 0 Å². The zero-order valence-corrected chi connectivity index (χ0v) is 13.6. The number of carbonyl (C=O) groups excluding carboxylic acids is 1. The number of anilines is 2. The molecule has 0 aromatic carbocycles. The third kappa shape index (κ3) is 5.38. The molecule has 22 heavy (non-hydrogen) atoms. The molecule has 0 saturated carbocycles. The minimum atomic E-state index is -0.477. The van der Waals surface area contributed by atoms with Gasteiger partial charge in [0.25, 0.3) is 0 Å². The number of carbonyl (C=O) groups is 1. The fourth-order valence-electron chi connectivity index (χ4n) is 2.23. The average Bonchev–Trinajstić information content (AvgIpc) is 2.96. The molecule has 0 unspecified atom stereocenters. The summed E-state index contributed by atoms with van der Waals surface area (Å²) < 4.78 is 5.17. The van der Waals surface area contributed by atoms with Gasteiger partial charge in [0.1, 0.15) is 23.6 Å². The summed E-state index contributed by atoms with van der Waals surface area (Å²) >= 11 is 0. The molecule has 7 nitrogen and oxygen atoms in total. The van der Waals surface area contributed by atoms with Crippen molar-refractivity contribution in [1.29, 1.82) is 0 Å². The number of hydrogen-bond acceptors (Lipinski definition) is 6. The van der Waals surface area contributed by atoms with E-state index in [0.717, 1.165) is 24.7 Å². The Bertz CT molecular complexity index is 495. The van der Waals surface area contributed by atoms with E-state index in [1.54, 1.807) is 6.33 Å². The topological polar surface area (TPSA) is 79.4 Å². The van der Waals surface area contributed by atoms with Gasteiger partial charge in [-0.1, -0.05) is 0 Å². The van der Waals surface area contributed by atoms with Gasteiger partial charge < -0.3 is 20.3 Å². The van der Waals surface area contributed by atoms with Crippen molar-refractivity contribution in [2.45, 2.75) is 39.2 Å². The molecule has 1 saturated heterocycles. The highest BCUT2D eigenvalue weighted by Crippen LogP contribution is 2.18. The zero-order valence-electron chi connectivity index (χ0n) is 13.6. The van der Waals surface area contributed by atoms with Crippen LogP contribution < -0.4 is 15.5 Å². The predicted octanol–water partition coefficient (Wildman–Crippen LogP) is 2.01. The third-order valence-corrected chi connectivity index (χ3v) is 3.18. The Balaban J connectivity index is 1.73. The normalized spacial score (nSPS) is 14.8. The molecule has 0 spiro atoms. The van der Waals surface area contributed by atoms with Gasteiger partial charge >= 0.3 is 6.09 Å². The van der Waals surface area contributed by atoms with Crippen molar-refractivity contribution in [2.75, 3.05) is 36.4 Å². The predicted molar refractivity (Wildman–Crippen MR) is 86.2 cm³/mol. The van der Waals surface area contributed by atoms with Gasteiger partial charge in [-0.05, 0) is 33.6 Å². The highest BCUT2D eigenvalue weighted by Gasteiger charge is 2.16. The molecule has 1 fully saturated rings. The van der Waals surface area contributed by atoms with Crippen molar-refractivity contribution < 1.29 is 9.53 Å². The number of nitrogens with one attached hydrogen (secondary N) is 2. The summed E-state index contributed by atoms with van der Waals surface area (Å²) in [5, 5.41) is 5.88. The summed E-state index contributed by atoms with van der Waals surface area (Å²) in [6, 6.07) is 1.94. The van der Waals surface area contributed by atoms with E-state index in [0.29, 0.717) is 13.1 Å². The van der Waals surface area contributed by atoms with Gasteiger partial charge in [0.2, 0.25) is 0 Å². The maximum absolute atomic E-state index is 11.5. The lowest BCUT2D eigenvalue weighted by atomic mass is 10.2. The Hall–Kier alpha value is -2.05. The lowest BCUT2D eigenvalue weighted by molar-refractivity contribution is 0.0530. The molecule has 1 aromatic rings. The van der Waals surface area contributed by atoms with Gasteiger partial charge in [0, 0.05) is 32.2 Å². The van der Waals surface area contributed by atoms with Crippen LogP contribution in [0.4, 0.5) is 16.4 Å². The number of amides is 1. The number of hydrogen-bond donors (Lipinski definition) is 2. The Morgan fingerprint density at radius 1 is 1.27 bits per heavy atom. The highest BCUT2D eigenvalue weighted by molar-refractivity contribution is 5.67. The first kappa shape index (κ1) is 16.3. The zero-order chi connectivity index (χ0) is 16.0. The highest BCUT2D eigenvalue weighted by atomic mass is 16.6. The van der Waals surface area contributed by atoms with Gasteiger partial charge in [-0.2, -0.15) is 0 Å². The monoisotopic (exact) mass is 307 g/mol. The van der Waals surface area contributed by atoms with E-state index < -0.39 is 11.7 Å². The third-order valence-electron chi connectivity index (χ3n) is 3.18. The molecule has 0 atom stereocenters. The Morgan fingerprint density at radius 2 is 2.00 bits per heavy atom. The molecule has 2 rings (SSSR count). The molecule has 0 bridgehead atoms. The fourth-order valence-corrected chi connectivity index (χ4v) is 2.23. The van der Waals surface area contributed by atoms with Crippen molar-refractivity contribution >= 4 is 17.7 Å². The minimum Gasteiger partial charge on any atom is -0.444 e. The number of aromatic nitrogens is 2. The van der Waals surface area contributed by atoms with E-state index in [-0.39, 0.29) is 0 Å². The molecule has 1 aliphatic rings. The first-order valence-electron chi connectivity index (χ1n) is 7.72. The molecular weight excluding hydrogens is 282 g/mol. The van der Waals surface area contributed by atoms with Crippen LogP contribution in [0, 0.1) is 0 Å². The van der Waals surface area contributed by atoms with Crippen LogP contribution in [0.25, 0.3) is 0 Å². The van der Waals surface area contributed by atoms with E-state index in [4.69, 9.17) is 4.74 Å². The first-order chi connectivity index (χ1) is 10.4. The number of rotatable bonds is 5. The SMILES string of the molecule is CC(C)(C)OC(=O)NCCNc1cc(N2CCCC2)ncn1. The summed E-state index contributed by atoms with van der Waals surface area (Å²) in [5.74, 6) is 1.72. The quantitative estimate of drug-likeness (QED) is 0.810.